The van der Waals surface area contributed by atoms with Crippen LogP contribution in [0, 0.1) is 0 Å². The summed E-state index contributed by atoms with van der Waals surface area (Å²) in [5.41, 5.74) is 0.220. The number of carboxylic acid groups (broad SMARTS) is 1. The Labute approximate surface area is 109 Å². The monoisotopic (exact) mass is 218 g/mol. The Morgan fingerprint density at radius 1 is 1.36 bits per heavy atom. The molecule has 2 nitrogen and oxygen atoms in total. The fourth-order valence-corrected chi connectivity index (χ4v) is 1.61. The third-order valence-corrected chi connectivity index (χ3v) is 2.39. The number of hydrogen-bond donors (Lipinski definition) is 0. The van der Waals surface area contributed by atoms with Gasteiger partial charge < -0.3 is 9.90 Å². The molecule has 0 spiro atoms. The molecule has 1 rings (SSSR count). The van der Waals surface area contributed by atoms with Crippen LogP contribution < -0.4 is 5.11 Å². The molecule has 0 bridgehead atoms. The first-order chi connectivity index (χ1) is 6.72. The number of carboxylic acids is 1. The van der Waals surface area contributed by atoms with Crippen LogP contribution in [0.15, 0.2) is 30.3 Å². The molecule has 3 heteroatoms. The van der Waals surface area contributed by atoms with Gasteiger partial charge in [0.25, 0.3) is 0 Å². The van der Waals surface area contributed by atoms with Gasteiger partial charge in [-0.1, -0.05) is 30.3 Å². The van der Waals surface area contributed by atoms with Gasteiger partial charge in [0, 0.05) is 0 Å². The van der Waals surface area contributed by atoms with Crippen LogP contribution in [0.5, 0.6) is 0 Å². The standard InChI is InChI=1S/C7H6O2.C4H9.Ca/c8-7(9)6-4-2-1-3-5-6;1-3-4-2;/h1-5H,(H,8,9);1,3-4H2,2H3;/q;;+1/p-1. The predicted molar refractivity (Wildman–Crippen MR) is 56.2 cm³/mol. The van der Waals surface area contributed by atoms with Gasteiger partial charge in [-0.25, -0.2) is 0 Å². The molecule has 0 saturated heterocycles. The van der Waals surface area contributed by atoms with E-state index in [-0.39, 0.29) is 5.56 Å². The summed E-state index contributed by atoms with van der Waals surface area (Å²) in [4.78, 5) is 10.1. The molecule has 0 unspecified atom stereocenters. The van der Waals surface area contributed by atoms with E-state index in [0.29, 0.717) is 0 Å². The number of carbonyl (C=O) groups is 1. The number of benzene rings is 1. The maximum Gasteiger partial charge on any atom is 0.0715 e. The molecule has 0 fully saturated rings. The molecule has 0 amide bonds. The summed E-state index contributed by atoms with van der Waals surface area (Å²) in [5, 5.41) is 10.1. The Bertz CT molecular complexity index is 245. The van der Waals surface area contributed by atoms with Crippen molar-refractivity contribution in [3.8, 4) is 0 Å². The van der Waals surface area contributed by atoms with Gasteiger partial charge in [0.2, 0.25) is 0 Å². The van der Waals surface area contributed by atoms with Gasteiger partial charge in [-0.2, -0.15) is 0 Å². The second-order valence-corrected chi connectivity index (χ2v) is 3.96. The molecular weight excluding hydrogens is 204 g/mol. The molecule has 1 aromatic carbocycles. The maximum atomic E-state index is 10.1. The van der Waals surface area contributed by atoms with Gasteiger partial charge in [-0.3, -0.25) is 0 Å². The first kappa shape index (κ1) is 13.9. The molecule has 0 atom stereocenters. The molecule has 14 heavy (non-hydrogen) atoms. The van der Waals surface area contributed by atoms with Crippen molar-refractivity contribution in [1.29, 1.82) is 0 Å². The van der Waals surface area contributed by atoms with E-state index in [1.807, 2.05) is 0 Å². The minimum atomic E-state index is -1.13. The van der Waals surface area contributed by atoms with Crippen molar-refractivity contribution in [3.05, 3.63) is 35.9 Å². The maximum absolute atomic E-state index is 10.1. The SMILES string of the molecule is CCC[CH2][Ca+].O=C([O-])c1ccccc1. The zero-order valence-corrected chi connectivity index (χ0v) is 10.7. The molecule has 0 aromatic heterocycles. The van der Waals surface area contributed by atoms with Crippen LogP contribution in [0.3, 0.4) is 0 Å². The first-order valence-electron chi connectivity index (χ1n) is 4.78. The minimum absolute atomic E-state index is 0.220. The van der Waals surface area contributed by atoms with E-state index in [2.05, 4.69) is 6.92 Å². The van der Waals surface area contributed by atoms with Gasteiger partial charge in [-0.15, -0.1) is 0 Å². The summed E-state index contributed by atoms with van der Waals surface area (Å²) in [6.07, 6.45) is 2.82. The van der Waals surface area contributed by atoms with Gasteiger partial charge in [0.1, 0.15) is 0 Å². The van der Waals surface area contributed by atoms with Crippen molar-refractivity contribution in [3.63, 3.8) is 0 Å². The Hall–Kier alpha value is -0.0503. The minimum Gasteiger partial charge on any atom is -0.545 e. The van der Waals surface area contributed by atoms with E-state index >= 15 is 0 Å². The zero-order chi connectivity index (χ0) is 10.8. The van der Waals surface area contributed by atoms with Crippen LogP contribution in [-0.4, -0.2) is 41.8 Å². The molecule has 0 heterocycles. The smallest absolute Gasteiger partial charge is 0.0715 e. The Morgan fingerprint density at radius 3 is 2.14 bits per heavy atom. The van der Waals surface area contributed by atoms with Gasteiger partial charge in [0.05, 0.1) is 5.97 Å². The largest absolute Gasteiger partial charge is 0.545 e. The average molecular weight is 218 g/mol. The van der Waals surface area contributed by atoms with E-state index < -0.39 is 5.97 Å². The van der Waals surface area contributed by atoms with Crippen LogP contribution in [0.4, 0.5) is 0 Å². The van der Waals surface area contributed by atoms with Gasteiger partial charge in [-0.05, 0) is 5.56 Å². The fraction of sp³-hybridized carbons (Fsp3) is 0.364. The number of unbranched alkanes of at least 4 members (excludes halogenated alkanes) is 1. The van der Waals surface area contributed by atoms with Crippen LogP contribution in [0.1, 0.15) is 30.1 Å². The van der Waals surface area contributed by atoms with Gasteiger partial charge in [0.15, 0.2) is 0 Å². The fourth-order valence-electron chi connectivity index (χ4n) is 0.824. The van der Waals surface area contributed by atoms with Crippen molar-refractivity contribution in [2.75, 3.05) is 0 Å². The Morgan fingerprint density at radius 2 is 1.93 bits per heavy atom. The third kappa shape index (κ3) is 7.36. The molecule has 0 aliphatic rings. The summed E-state index contributed by atoms with van der Waals surface area (Å²) in [7, 11) is 0. The van der Waals surface area contributed by atoms with Crippen molar-refractivity contribution in [1.82, 2.24) is 0 Å². The average Bonchev–Trinajstić information content (AvgIpc) is 2.21. The summed E-state index contributed by atoms with van der Waals surface area (Å²) >= 11 is 1.48. The van der Waals surface area contributed by atoms with Crippen LogP contribution in [0.2, 0.25) is 2.52 Å². The number of rotatable bonds is 3. The Balaban J connectivity index is 0.000000292. The molecule has 0 N–H and O–H groups in total. The molecule has 72 valence electrons. The molecule has 0 aliphatic carbocycles. The van der Waals surface area contributed by atoms with Crippen molar-refractivity contribution < 1.29 is 9.90 Å². The topological polar surface area (TPSA) is 40.1 Å². The Kier molecular flexibility index (Phi) is 9.47. The van der Waals surface area contributed by atoms with Gasteiger partial charge >= 0.3 is 58.1 Å². The van der Waals surface area contributed by atoms with Crippen LogP contribution in [-0.2, 0) is 0 Å². The normalized spacial score (nSPS) is 8.79. The van der Waals surface area contributed by atoms with Crippen LogP contribution in [0.25, 0.3) is 0 Å². The van der Waals surface area contributed by atoms with E-state index in [1.54, 1.807) is 18.2 Å². The summed E-state index contributed by atoms with van der Waals surface area (Å²) in [6, 6.07) is 8.06. The van der Waals surface area contributed by atoms with Crippen molar-refractivity contribution in [2.45, 2.75) is 22.3 Å². The second-order valence-electron chi connectivity index (χ2n) is 2.86. The van der Waals surface area contributed by atoms with E-state index in [1.165, 1.54) is 63.3 Å². The first-order valence-corrected chi connectivity index (χ1v) is 6.34. The summed E-state index contributed by atoms with van der Waals surface area (Å²) in [6.45, 7) is 2.23. The van der Waals surface area contributed by atoms with Crippen molar-refractivity contribution >= 4 is 41.8 Å². The molecule has 0 radical (unpaired) electrons. The summed E-state index contributed by atoms with van der Waals surface area (Å²) < 4.78 is 1.47. The summed E-state index contributed by atoms with van der Waals surface area (Å²) in [5.74, 6) is -1.13. The van der Waals surface area contributed by atoms with E-state index in [0.717, 1.165) is 0 Å². The molecule has 0 aliphatic heterocycles. The predicted octanol–water partition coefficient (Wildman–Crippen LogP) is 1.42. The van der Waals surface area contributed by atoms with Crippen molar-refractivity contribution in [2.24, 2.45) is 0 Å². The van der Waals surface area contributed by atoms with E-state index in [9.17, 15) is 9.90 Å². The molecule has 1 aromatic rings. The molecule has 0 saturated carbocycles. The van der Waals surface area contributed by atoms with E-state index in [4.69, 9.17) is 0 Å². The molecular formula is C11H14CaO2. The van der Waals surface area contributed by atoms with Crippen LogP contribution >= 0.6 is 0 Å². The third-order valence-electron chi connectivity index (χ3n) is 1.61. The quantitative estimate of drug-likeness (QED) is 0.720. The second kappa shape index (κ2) is 9.50. The number of carbonyl (C=O) groups excluding carboxylic acids is 1. The number of aromatic carboxylic acids is 1. The number of hydrogen-bond acceptors (Lipinski definition) is 2. The zero-order valence-electron chi connectivity index (χ0n) is 8.53.